The lowest BCUT2D eigenvalue weighted by Crippen LogP contribution is -2.43. The Bertz CT molecular complexity index is 362. The van der Waals surface area contributed by atoms with E-state index in [0.29, 0.717) is 0 Å². The minimum atomic E-state index is 0.225. The molecular weight excluding hydrogens is 204 g/mol. The smallest absolute Gasteiger partial charge is 0.240 e. The second kappa shape index (κ2) is 3.53. The van der Waals surface area contributed by atoms with Gasteiger partial charge in [-0.3, -0.25) is 4.90 Å². The lowest BCUT2D eigenvalue weighted by atomic mass is 9.85. The second-order valence-corrected chi connectivity index (χ2v) is 5.39. The number of nitrogens with zero attached hydrogens (tertiary/aromatic N) is 3. The zero-order valence-electron chi connectivity index (χ0n) is 9.81. The van der Waals surface area contributed by atoms with Crippen LogP contribution in [0, 0.1) is 11.8 Å². The van der Waals surface area contributed by atoms with Crippen LogP contribution in [0.3, 0.4) is 0 Å². The summed E-state index contributed by atoms with van der Waals surface area (Å²) < 4.78 is 5.09. The molecule has 0 saturated carbocycles. The molecule has 3 heterocycles. The summed E-state index contributed by atoms with van der Waals surface area (Å²) >= 11 is 0. The highest BCUT2D eigenvalue weighted by Crippen LogP contribution is 2.40. The van der Waals surface area contributed by atoms with Crippen molar-refractivity contribution in [2.24, 2.45) is 11.8 Å². The predicted molar refractivity (Wildman–Crippen MR) is 58.6 cm³/mol. The largest absolute Gasteiger partial charge is 0.338 e. The first-order chi connectivity index (χ1) is 7.68. The van der Waals surface area contributed by atoms with Gasteiger partial charge >= 0.3 is 0 Å². The molecule has 5 nitrogen and oxygen atoms in total. The molecule has 0 spiro atoms. The van der Waals surface area contributed by atoms with Gasteiger partial charge in [-0.25, -0.2) is 0 Å². The van der Waals surface area contributed by atoms with Crippen molar-refractivity contribution in [1.29, 1.82) is 0 Å². The molecule has 1 N–H and O–H groups in total. The Labute approximate surface area is 95.2 Å². The quantitative estimate of drug-likeness (QED) is 0.789. The van der Waals surface area contributed by atoms with Crippen LogP contribution < -0.4 is 5.32 Å². The van der Waals surface area contributed by atoms with Crippen molar-refractivity contribution < 1.29 is 4.52 Å². The number of hydrogen-bond donors (Lipinski definition) is 1. The third-order valence-electron chi connectivity index (χ3n) is 4.25. The zero-order chi connectivity index (χ0) is 11.2. The topological polar surface area (TPSA) is 54.2 Å². The van der Waals surface area contributed by atoms with Crippen molar-refractivity contribution in [1.82, 2.24) is 20.4 Å². The summed E-state index contributed by atoms with van der Waals surface area (Å²) in [6.07, 6.45) is 1.47. The van der Waals surface area contributed by atoms with Gasteiger partial charge in [0.1, 0.15) is 0 Å². The molecule has 2 unspecified atom stereocenters. The number of rotatable bonds is 2. The molecule has 1 aromatic heterocycles. The van der Waals surface area contributed by atoms with E-state index in [1.165, 1.54) is 6.33 Å². The fourth-order valence-electron chi connectivity index (χ4n) is 3.20. The van der Waals surface area contributed by atoms with Crippen LogP contribution in [0.1, 0.15) is 19.7 Å². The van der Waals surface area contributed by atoms with Gasteiger partial charge in [0, 0.05) is 18.6 Å². The standard InChI is InChI=1S/C11H18N4O/c1-11(2)9-4-12-3-8(9)5-15(11)6-10-13-7-14-16-10/h7-9,12H,3-6H2,1-2H3. The molecule has 0 aromatic carbocycles. The Morgan fingerprint density at radius 2 is 2.44 bits per heavy atom. The molecule has 88 valence electrons. The molecule has 16 heavy (non-hydrogen) atoms. The predicted octanol–water partition coefficient (Wildman–Crippen LogP) is 0.499. The summed E-state index contributed by atoms with van der Waals surface area (Å²) in [4.78, 5) is 6.57. The first-order valence-corrected chi connectivity index (χ1v) is 5.89. The van der Waals surface area contributed by atoms with E-state index in [9.17, 15) is 0 Å². The summed E-state index contributed by atoms with van der Waals surface area (Å²) in [5, 5.41) is 7.14. The highest BCUT2D eigenvalue weighted by molar-refractivity contribution is 5.04. The van der Waals surface area contributed by atoms with E-state index >= 15 is 0 Å². The van der Waals surface area contributed by atoms with Gasteiger partial charge in [-0.1, -0.05) is 5.16 Å². The Morgan fingerprint density at radius 3 is 3.12 bits per heavy atom. The second-order valence-electron chi connectivity index (χ2n) is 5.39. The molecule has 2 aliphatic rings. The SMILES string of the molecule is CC1(C)C2CNCC2CN1Cc1ncno1. The highest BCUT2D eigenvalue weighted by atomic mass is 16.5. The minimum Gasteiger partial charge on any atom is -0.338 e. The molecule has 0 radical (unpaired) electrons. The number of likely N-dealkylation sites (tertiary alicyclic amines) is 1. The van der Waals surface area contributed by atoms with Gasteiger partial charge in [0.05, 0.1) is 6.54 Å². The van der Waals surface area contributed by atoms with Gasteiger partial charge in [0.15, 0.2) is 6.33 Å². The molecule has 2 atom stereocenters. The van der Waals surface area contributed by atoms with Crippen LogP contribution in [0.15, 0.2) is 10.9 Å². The maximum atomic E-state index is 5.09. The van der Waals surface area contributed by atoms with E-state index in [4.69, 9.17) is 4.52 Å². The van der Waals surface area contributed by atoms with Crippen LogP contribution in [0.4, 0.5) is 0 Å². The fraction of sp³-hybridized carbons (Fsp3) is 0.818. The summed E-state index contributed by atoms with van der Waals surface area (Å²) in [5.74, 6) is 2.24. The molecule has 5 heteroatoms. The summed E-state index contributed by atoms with van der Waals surface area (Å²) in [7, 11) is 0. The van der Waals surface area contributed by atoms with Crippen LogP contribution in [0.25, 0.3) is 0 Å². The maximum Gasteiger partial charge on any atom is 0.240 e. The number of aromatic nitrogens is 2. The molecule has 0 aliphatic carbocycles. The van der Waals surface area contributed by atoms with Gasteiger partial charge in [-0.15, -0.1) is 0 Å². The van der Waals surface area contributed by atoms with Crippen LogP contribution in [0.2, 0.25) is 0 Å². The van der Waals surface area contributed by atoms with Gasteiger partial charge in [-0.05, 0) is 32.2 Å². The molecule has 3 rings (SSSR count). The molecule has 2 aliphatic heterocycles. The van der Waals surface area contributed by atoms with Crippen molar-refractivity contribution in [3.63, 3.8) is 0 Å². The lowest BCUT2D eigenvalue weighted by molar-refractivity contribution is 0.117. The Hall–Kier alpha value is -0.940. The van der Waals surface area contributed by atoms with Crippen LogP contribution in [-0.2, 0) is 6.54 Å². The Balaban J connectivity index is 1.77. The molecular formula is C11H18N4O. The lowest BCUT2D eigenvalue weighted by Gasteiger charge is -2.34. The summed E-state index contributed by atoms with van der Waals surface area (Å²) in [5.41, 5.74) is 0.225. The van der Waals surface area contributed by atoms with Crippen LogP contribution in [0.5, 0.6) is 0 Å². The van der Waals surface area contributed by atoms with E-state index in [2.05, 4.69) is 34.2 Å². The molecule has 0 bridgehead atoms. The van der Waals surface area contributed by atoms with E-state index in [1.807, 2.05) is 0 Å². The van der Waals surface area contributed by atoms with E-state index in [0.717, 1.165) is 43.9 Å². The Morgan fingerprint density at radius 1 is 1.56 bits per heavy atom. The first kappa shape index (κ1) is 10.2. The third kappa shape index (κ3) is 1.46. The molecule has 2 saturated heterocycles. The van der Waals surface area contributed by atoms with E-state index in [-0.39, 0.29) is 5.54 Å². The minimum absolute atomic E-state index is 0.225. The van der Waals surface area contributed by atoms with Gasteiger partial charge < -0.3 is 9.84 Å². The van der Waals surface area contributed by atoms with Gasteiger partial charge in [0.2, 0.25) is 5.89 Å². The highest BCUT2D eigenvalue weighted by Gasteiger charge is 2.49. The van der Waals surface area contributed by atoms with Crippen LogP contribution in [-0.4, -0.2) is 40.2 Å². The van der Waals surface area contributed by atoms with Crippen molar-refractivity contribution in [3.8, 4) is 0 Å². The normalized spacial score (nSPS) is 33.1. The summed E-state index contributed by atoms with van der Waals surface area (Å²) in [6.45, 7) is 8.83. The van der Waals surface area contributed by atoms with Crippen molar-refractivity contribution in [2.75, 3.05) is 19.6 Å². The van der Waals surface area contributed by atoms with Crippen LogP contribution >= 0.6 is 0 Å². The third-order valence-corrected chi connectivity index (χ3v) is 4.25. The Kier molecular flexibility index (Phi) is 2.26. The maximum absolute atomic E-state index is 5.09. The van der Waals surface area contributed by atoms with Crippen molar-refractivity contribution >= 4 is 0 Å². The van der Waals surface area contributed by atoms with Gasteiger partial charge in [0.25, 0.3) is 0 Å². The first-order valence-electron chi connectivity index (χ1n) is 5.89. The van der Waals surface area contributed by atoms with Crippen molar-refractivity contribution in [3.05, 3.63) is 12.2 Å². The summed E-state index contributed by atoms with van der Waals surface area (Å²) in [6, 6.07) is 0. The molecule has 2 fully saturated rings. The number of nitrogens with one attached hydrogen (secondary N) is 1. The van der Waals surface area contributed by atoms with Gasteiger partial charge in [-0.2, -0.15) is 4.98 Å². The van der Waals surface area contributed by atoms with Crippen molar-refractivity contribution in [2.45, 2.75) is 25.9 Å². The molecule has 1 aromatic rings. The van der Waals surface area contributed by atoms with E-state index in [1.54, 1.807) is 0 Å². The molecule has 0 amide bonds. The number of fused-ring (bicyclic) bond motifs is 1. The average molecular weight is 222 g/mol. The number of hydrogen-bond acceptors (Lipinski definition) is 5. The zero-order valence-corrected chi connectivity index (χ0v) is 9.81. The average Bonchev–Trinajstić information content (AvgIpc) is 2.89. The fourth-order valence-corrected chi connectivity index (χ4v) is 3.20. The van der Waals surface area contributed by atoms with E-state index < -0.39 is 0 Å². The monoisotopic (exact) mass is 222 g/mol.